The second kappa shape index (κ2) is 6.05. The van der Waals surface area contributed by atoms with Crippen molar-refractivity contribution in [3.8, 4) is 0 Å². The van der Waals surface area contributed by atoms with Gasteiger partial charge >= 0.3 is 0 Å². The van der Waals surface area contributed by atoms with Gasteiger partial charge in [0.05, 0.1) is 0 Å². The van der Waals surface area contributed by atoms with Crippen molar-refractivity contribution < 1.29 is 0 Å². The predicted molar refractivity (Wildman–Crippen MR) is 73.6 cm³/mol. The van der Waals surface area contributed by atoms with E-state index < -0.39 is 0 Å². The van der Waals surface area contributed by atoms with Gasteiger partial charge in [-0.15, -0.1) is 0 Å². The molecule has 2 N–H and O–H groups in total. The van der Waals surface area contributed by atoms with E-state index in [1.165, 1.54) is 19.3 Å². The lowest BCUT2D eigenvalue weighted by Crippen LogP contribution is -2.43. The van der Waals surface area contributed by atoms with Gasteiger partial charge < -0.3 is 5.73 Å². The van der Waals surface area contributed by atoms with Crippen LogP contribution >= 0.6 is 23.2 Å². The third-order valence-electron chi connectivity index (χ3n) is 3.40. The van der Waals surface area contributed by atoms with Crippen LogP contribution in [0.4, 0.5) is 0 Å². The molecule has 0 bridgehead atoms. The zero-order valence-corrected chi connectivity index (χ0v) is 11.3. The lowest BCUT2D eigenvalue weighted by molar-refractivity contribution is 0.145. The summed E-state index contributed by atoms with van der Waals surface area (Å²) in [7, 11) is 0. The van der Waals surface area contributed by atoms with Gasteiger partial charge in [-0.1, -0.05) is 29.6 Å². The molecule has 0 aliphatic carbocycles. The fourth-order valence-electron chi connectivity index (χ4n) is 2.42. The predicted octanol–water partition coefficient (Wildman–Crippen LogP) is 3.31. The molecule has 1 aromatic carbocycles. The normalized spacial score (nSPS) is 21.7. The average molecular weight is 273 g/mol. The van der Waals surface area contributed by atoms with Gasteiger partial charge in [-0.05, 0) is 43.1 Å². The number of benzene rings is 1. The molecule has 4 heteroatoms. The largest absolute Gasteiger partial charge is 0.329 e. The molecule has 2 nitrogen and oxygen atoms in total. The average Bonchev–Trinajstić information content (AvgIpc) is 2.34. The van der Waals surface area contributed by atoms with Crippen LogP contribution in [0.2, 0.25) is 10.0 Å². The van der Waals surface area contributed by atoms with Gasteiger partial charge in [0.2, 0.25) is 0 Å². The molecule has 1 heterocycles. The van der Waals surface area contributed by atoms with E-state index in [-0.39, 0.29) is 0 Å². The summed E-state index contributed by atoms with van der Waals surface area (Å²) in [6.45, 7) is 2.67. The SMILES string of the molecule is NC[C@H]1CCCCN1Cc1cc(Cl)ccc1Cl. The van der Waals surface area contributed by atoms with Gasteiger partial charge in [-0.3, -0.25) is 4.90 Å². The number of halogens is 2. The quantitative estimate of drug-likeness (QED) is 0.915. The van der Waals surface area contributed by atoms with Crippen LogP contribution in [0.3, 0.4) is 0 Å². The zero-order valence-electron chi connectivity index (χ0n) is 9.83. The lowest BCUT2D eigenvalue weighted by atomic mass is 10.0. The monoisotopic (exact) mass is 272 g/mol. The Balaban J connectivity index is 2.10. The van der Waals surface area contributed by atoms with Crippen molar-refractivity contribution in [2.24, 2.45) is 5.73 Å². The Morgan fingerprint density at radius 1 is 1.29 bits per heavy atom. The lowest BCUT2D eigenvalue weighted by Gasteiger charge is -2.35. The van der Waals surface area contributed by atoms with Gasteiger partial charge in [-0.2, -0.15) is 0 Å². The molecule has 0 saturated carbocycles. The molecule has 1 atom stereocenters. The highest BCUT2D eigenvalue weighted by atomic mass is 35.5. The highest BCUT2D eigenvalue weighted by Gasteiger charge is 2.21. The van der Waals surface area contributed by atoms with Crippen molar-refractivity contribution in [3.05, 3.63) is 33.8 Å². The summed E-state index contributed by atoms with van der Waals surface area (Å²) in [5.41, 5.74) is 6.91. The van der Waals surface area contributed by atoms with Crippen molar-refractivity contribution in [3.63, 3.8) is 0 Å². The number of hydrogen-bond donors (Lipinski definition) is 1. The number of nitrogens with two attached hydrogens (primary N) is 1. The molecule has 0 spiro atoms. The topological polar surface area (TPSA) is 29.3 Å². The molecule has 0 aromatic heterocycles. The van der Waals surface area contributed by atoms with Crippen LogP contribution in [0.1, 0.15) is 24.8 Å². The second-order valence-corrected chi connectivity index (χ2v) is 5.44. The van der Waals surface area contributed by atoms with E-state index in [1.54, 1.807) is 0 Å². The fraction of sp³-hybridized carbons (Fsp3) is 0.538. The van der Waals surface area contributed by atoms with E-state index >= 15 is 0 Å². The van der Waals surface area contributed by atoms with E-state index in [2.05, 4.69) is 4.90 Å². The van der Waals surface area contributed by atoms with Crippen molar-refractivity contribution in [1.82, 2.24) is 4.90 Å². The Kier molecular flexibility index (Phi) is 4.69. The molecule has 0 unspecified atom stereocenters. The first-order valence-electron chi connectivity index (χ1n) is 6.08. The van der Waals surface area contributed by atoms with Crippen molar-refractivity contribution >= 4 is 23.2 Å². The Bertz CT molecular complexity index is 382. The van der Waals surface area contributed by atoms with E-state index in [4.69, 9.17) is 28.9 Å². The van der Waals surface area contributed by atoms with Crippen LogP contribution in [-0.4, -0.2) is 24.0 Å². The Labute approximate surface area is 113 Å². The van der Waals surface area contributed by atoms with E-state index in [1.807, 2.05) is 18.2 Å². The van der Waals surface area contributed by atoms with Crippen molar-refractivity contribution in [2.45, 2.75) is 31.8 Å². The first-order chi connectivity index (χ1) is 8.20. The minimum Gasteiger partial charge on any atom is -0.329 e. The zero-order chi connectivity index (χ0) is 12.3. The van der Waals surface area contributed by atoms with Crippen LogP contribution in [0, 0.1) is 0 Å². The smallest absolute Gasteiger partial charge is 0.0452 e. The molecule has 17 heavy (non-hydrogen) atoms. The summed E-state index contributed by atoms with van der Waals surface area (Å²) < 4.78 is 0. The van der Waals surface area contributed by atoms with Crippen LogP contribution in [0.15, 0.2) is 18.2 Å². The van der Waals surface area contributed by atoms with Gasteiger partial charge in [-0.25, -0.2) is 0 Å². The first kappa shape index (κ1) is 13.2. The highest BCUT2D eigenvalue weighted by Crippen LogP contribution is 2.25. The maximum atomic E-state index is 6.19. The van der Waals surface area contributed by atoms with Gasteiger partial charge in [0, 0.05) is 29.2 Å². The molecule has 1 aliphatic rings. The maximum Gasteiger partial charge on any atom is 0.0452 e. The second-order valence-electron chi connectivity index (χ2n) is 4.59. The molecule has 1 fully saturated rings. The number of hydrogen-bond acceptors (Lipinski definition) is 2. The van der Waals surface area contributed by atoms with Crippen LogP contribution in [0.5, 0.6) is 0 Å². The first-order valence-corrected chi connectivity index (χ1v) is 6.84. The summed E-state index contributed by atoms with van der Waals surface area (Å²) in [4.78, 5) is 2.42. The van der Waals surface area contributed by atoms with E-state index in [9.17, 15) is 0 Å². The third-order valence-corrected chi connectivity index (χ3v) is 4.01. The fourth-order valence-corrected chi connectivity index (χ4v) is 2.79. The molecular weight excluding hydrogens is 255 g/mol. The highest BCUT2D eigenvalue weighted by molar-refractivity contribution is 6.33. The Hall–Kier alpha value is -0.280. The third kappa shape index (κ3) is 3.35. The minimum atomic E-state index is 0.485. The summed E-state index contributed by atoms with van der Waals surface area (Å²) >= 11 is 12.2. The molecule has 94 valence electrons. The number of piperidine rings is 1. The maximum absolute atomic E-state index is 6.19. The molecule has 1 saturated heterocycles. The van der Waals surface area contributed by atoms with Crippen molar-refractivity contribution in [1.29, 1.82) is 0 Å². The van der Waals surface area contributed by atoms with Gasteiger partial charge in [0.15, 0.2) is 0 Å². The Morgan fingerprint density at radius 2 is 2.12 bits per heavy atom. The van der Waals surface area contributed by atoms with E-state index in [0.717, 1.165) is 35.2 Å². The summed E-state index contributed by atoms with van der Waals surface area (Å²) in [6.07, 6.45) is 3.71. The van der Waals surface area contributed by atoms with Crippen LogP contribution in [-0.2, 0) is 6.54 Å². The summed E-state index contributed by atoms with van der Waals surface area (Å²) in [5.74, 6) is 0. The molecule has 1 aromatic rings. The molecule has 0 radical (unpaired) electrons. The molecule has 2 rings (SSSR count). The number of nitrogens with zero attached hydrogens (tertiary/aromatic N) is 1. The minimum absolute atomic E-state index is 0.485. The summed E-state index contributed by atoms with van der Waals surface area (Å²) in [6, 6.07) is 6.12. The Morgan fingerprint density at radius 3 is 2.88 bits per heavy atom. The van der Waals surface area contributed by atoms with Gasteiger partial charge in [0.1, 0.15) is 0 Å². The molecule has 0 amide bonds. The number of rotatable bonds is 3. The summed E-state index contributed by atoms with van der Waals surface area (Å²) in [5, 5.41) is 1.53. The molecule has 1 aliphatic heterocycles. The standard InChI is InChI=1S/C13H18Cl2N2/c14-11-4-5-13(15)10(7-11)9-17-6-2-1-3-12(17)8-16/h4-5,7,12H,1-3,6,8-9,16H2/t12-/m1/s1. The van der Waals surface area contributed by atoms with Crippen LogP contribution in [0.25, 0.3) is 0 Å². The molecular formula is C13H18Cl2N2. The van der Waals surface area contributed by atoms with Crippen molar-refractivity contribution in [2.75, 3.05) is 13.1 Å². The van der Waals surface area contributed by atoms with E-state index in [0.29, 0.717) is 6.04 Å². The van der Waals surface area contributed by atoms with Crippen LogP contribution < -0.4 is 5.73 Å². The number of likely N-dealkylation sites (tertiary alicyclic amines) is 1. The van der Waals surface area contributed by atoms with Gasteiger partial charge in [0.25, 0.3) is 0 Å².